The first kappa shape index (κ1) is 66.4. The molecule has 11 atom stereocenters. The molecule has 0 aromatic heterocycles. The van der Waals surface area contributed by atoms with Crippen LogP contribution in [-0.2, 0) is 54.1 Å². The number of rotatable bonds is 31. The molecule has 8 N–H and O–H groups in total. The van der Waals surface area contributed by atoms with Gasteiger partial charge in [0.1, 0.15) is 35.5 Å². The highest BCUT2D eigenvalue weighted by molar-refractivity contribution is 5.94. The van der Waals surface area contributed by atoms with Crippen molar-refractivity contribution in [3.05, 3.63) is 47.5 Å². The van der Waals surface area contributed by atoms with E-state index in [2.05, 4.69) is 64.1 Å². The van der Waals surface area contributed by atoms with Crippen LogP contribution in [-0.4, -0.2) is 141 Å². The maximum atomic E-state index is 14.1. The number of amides is 7. The van der Waals surface area contributed by atoms with E-state index in [1.54, 1.807) is 14.0 Å². The fourth-order valence-corrected chi connectivity index (χ4v) is 11.3. The van der Waals surface area contributed by atoms with Crippen LogP contribution in [0, 0.1) is 34.0 Å². The summed E-state index contributed by atoms with van der Waals surface area (Å²) in [7, 11) is 1.65. The second kappa shape index (κ2) is 29.6. The molecular formula is C60H99N7O12. The first-order chi connectivity index (χ1) is 36.9. The predicted molar refractivity (Wildman–Crippen MR) is 303 cm³/mol. The van der Waals surface area contributed by atoms with Gasteiger partial charge in [-0.2, -0.15) is 0 Å². The van der Waals surface area contributed by atoms with E-state index in [-0.39, 0.29) is 79.2 Å². The van der Waals surface area contributed by atoms with Crippen molar-refractivity contribution >= 4 is 41.5 Å². The summed E-state index contributed by atoms with van der Waals surface area (Å²) in [5.74, 6) is -3.65. The number of nitrogens with one attached hydrogen (secondary N) is 7. The zero-order chi connectivity index (χ0) is 58.9. The van der Waals surface area contributed by atoms with Gasteiger partial charge in [0, 0.05) is 44.5 Å². The molecular weight excluding hydrogens is 1010 g/mol. The molecule has 1 aromatic rings. The molecule has 1 saturated carbocycles. The van der Waals surface area contributed by atoms with Gasteiger partial charge in [-0.15, -0.1) is 0 Å². The van der Waals surface area contributed by atoms with Crippen molar-refractivity contribution in [3.63, 3.8) is 0 Å². The highest BCUT2D eigenvalue weighted by Gasteiger charge is 2.72. The maximum Gasteiger partial charge on any atom is 0.407 e. The summed E-state index contributed by atoms with van der Waals surface area (Å²) >= 11 is 0. The number of aliphatic hydroxyl groups excluding tert-OH is 1. The molecule has 7 unspecified atom stereocenters. The van der Waals surface area contributed by atoms with Gasteiger partial charge in [0.25, 0.3) is 0 Å². The van der Waals surface area contributed by atoms with Crippen molar-refractivity contribution < 1.29 is 57.6 Å². The second-order valence-electron chi connectivity index (χ2n) is 25.9. The average Bonchev–Trinajstić information content (AvgIpc) is 4.28. The summed E-state index contributed by atoms with van der Waals surface area (Å²) in [6.45, 7) is 26.0. The quantitative estimate of drug-likeness (QED) is 0.0244. The fourth-order valence-electron chi connectivity index (χ4n) is 11.3. The van der Waals surface area contributed by atoms with Gasteiger partial charge in [-0.05, 0) is 101 Å². The van der Waals surface area contributed by atoms with Crippen molar-refractivity contribution in [3.8, 4) is 0 Å². The van der Waals surface area contributed by atoms with Gasteiger partial charge in [-0.3, -0.25) is 28.8 Å². The highest BCUT2D eigenvalue weighted by atomic mass is 16.6. The van der Waals surface area contributed by atoms with Crippen LogP contribution < -0.4 is 37.2 Å². The molecule has 2 aliphatic heterocycles. The largest absolute Gasteiger partial charge is 0.443 e. The number of aliphatic hydroxyl groups is 1. The number of carbonyl (C=O) groups is 7. The molecule has 4 rings (SSSR count). The van der Waals surface area contributed by atoms with E-state index in [9.17, 15) is 38.7 Å². The molecule has 3 aliphatic rings. The highest BCUT2D eigenvalue weighted by Crippen LogP contribution is 2.59. The molecule has 7 amide bonds. The van der Waals surface area contributed by atoms with Crippen LogP contribution >= 0.6 is 0 Å². The SMILES string of the molecule is COC1C(OC(=O)NCCCCCCNC(=O)CNC(=O)[C@H](CC(C)C)NC(=O)[C@H](Cc2ccccc2)NC(=O)CNC(=O)C(CC(C)(CC(C)(C)C)C(=O)NCC(C)O)C(C)(C)C)CC[C@]2(CO2)C1C1(C)O[C@@H]1CC=C(C)C. The van der Waals surface area contributed by atoms with E-state index in [1.165, 1.54) is 5.57 Å². The zero-order valence-electron chi connectivity index (χ0n) is 50.1. The summed E-state index contributed by atoms with van der Waals surface area (Å²) in [4.78, 5) is 94.8. The molecule has 19 heteroatoms. The lowest BCUT2D eigenvalue weighted by molar-refractivity contribution is -0.138. The van der Waals surface area contributed by atoms with Gasteiger partial charge >= 0.3 is 6.09 Å². The number of unbranched alkanes of at least 4 members (excludes halogenated alkanes) is 3. The Balaban J connectivity index is 1.23. The Morgan fingerprint density at radius 2 is 1.42 bits per heavy atom. The maximum absolute atomic E-state index is 14.1. The number of allylic oxidation sites excluding steroid dienone is 1. The van der Waals surface area contributed by atoms with Gasteiger partial charge in [-0.1, -0.05) is 117 Å². The Hall–Kier alpha value is -5.11. The number of ether oxygens (including phenoxy) is 4. The minimum atomic E-state index is -1.13. The molecule has 3 fully saturated rings. The van der Waals surface area contributed by atoms with Crippen molar-refractivity contribution in [2.24, 2.45) is 34.0 Å². The third-order valence-corrected chi connectivity index (χ3v) is 15.4. The third kappa shape index (κ3) is 21.4. The standard InChI is InChI=1S/C60H99N7O12/c1-38(2)24-25-46-59(13,79-46)50-49(76-14)45(26-27-60(50)37-77-60)78-55(75)62-29-21-16-15-20-28-61-47(69)34-64-52(72)43(30-39(3)4)67-53(73)44(31-41-22-18-17-19-23-41)66-48(70)35-63-51(71)42(57(9,10)11)32-58(12,36-56(6,7)8)54(74)65-33-40(5)68/h17-19,22-24,39-40,42-46,49-50,68H,15-16,20-21,25-37H2,1-14H3,(H,61,69)(H,62,75)(H,63,71)(H,64,72)(H,65,74)(H,66,70)(H,67,73)/t40?,42?,43-,44-,45?,46+,49?,50?,58?,59?,60-/m0/s1. The monoisotopic (exact) mass is 1110 g/mol. The number of epoxide rings is 2. The lowest BCUT2D eigenvalue weighted by atomic mass is 9.65. The Morgan fingerprint density at radius 1 is 0.797 bits per heavy atom. The smallest absolute Gasteiger partial charge is 0.407 e. The van der Waals surface area contributed by atoms with Gasteiger partial charge in [0.2, 0.25) is 35.4 Å². The van der Waals surface area contributed by atoms with Crippen molar-refractivity contribution in [2.75, 3.05) is 46.4 Å². The average molecular weight is 1110 g/mol. The molecule has 0 bridgehead atoms. The van der Waals surface area contributed by atoms with Crippen LogP contribution in [0.1, 0.15) is 160 Å². The predicted octanol–water partition coefficient (Wildman–Crippen LogP) is 5.95. The van der Waals surface area contributed by atoms with Crippen LogP contribution in [0.25, 0.3) is 0 Å². The number of alkyl carbamates (subject to hydrolysis) is 1. The molecule has 2 saturated heterocycles. The van der Waals surface area contributed by atoms with E-state index in [0.29, 0.717) is 39.0 Å². The number of methoxy groups -OCH3 is 1. The summed E-state index contributed by atoms with van der Waals surface area (Å²) in [6.07, 6.45) is 6.43. The normalized spacial score (nSPS) is 23.8. The summed E-state index contributed by atoms with van der Waals surface area (Å²) in [6, 6.07) is 6.93. The van der Waals surface area contributed by atoms with Crippen LogP contribution in [0.3, 0.4) is 0 Å². The van der Waals surface area contributed by atoms with Gasteiger partial charge in [-0.25, -0.2) is 4.79 Å². The van der Waals surface area contributed by atoms with Gasteiger partial charge in [0.15, 0.2) is 0 Å². The van der Waals surface area contributed by atoms with E-state index in [0.717, 1.165) is 37.7 Å². The molecule has 0 radical (unpaired) electrons. The van der Waals surface area contributed by atoms with Gasteiger partial charge in [0.05, 0.1) is 37.8 Å². The molecule has 1 spiro atoms. The summed E-state index contributed by atoms with van der Waals surface area (Å²) < 4.78 is 24.2. The van der Waals surface area contributed by atoms with Crippen molar-refractivity contribution in [1.29, 1.82) is 0 Å². The van der Waals surface area contributed by atoms with E-state index in [4.69, 9.17) is 18.9 Å². The lowest BCUT2D eigenvalue weighted by Gasteiger charge is -2.42. The molecule has 446 valence electrons. The van der Waals surface area contributed by atoms with Crippen LogP contribution in [0.5, 0.6) is 0 Å². The van der Waals surface area contributed by atoms with Crippen LogP contribution in [0.15, 0.2) is 42.0 Å². The zero-order valence-corrected chi connectivity index (χ0v) is 50.1. The molecule has 1 aliphatic carbocycles. The fraction of sp³-hybridized carbons (Fsp3) is 0.750. The molecule has 2 heterocycles. The lowest BCUT2D eigenvalue weighted by Crippen LogP contribution is -2.56. The number of hydrogen-bond donors (Lipinski definition) is 8. The molecule has 1 aromatic carbocycles. The molecule has 79 heavy (non-hydrogen) atoms. The van der Waals surface area contributed by atoms with E-state index in [1.807, 2.05) is 92.6 Å². The van der Waals surface area contributed by atoms with Crippen molar-refractivity contribution in [1.82, 2.24) is 37.2 Å². The van der Waals surface area contributed by atoms with Gasteiger partial charge < -0.3 is 61.3 Å². The minimum Gasteiger partial charge on any atom is -0.443 e. The van der Waals surface area contributed by atoms with Crippen LogP contribution in [0.4, 0.5) is 4.79 Å². The number of benzene rings is 1. The second-order valence-corrected chi connectivity index (χ2v) is 25.9. The summed E-state index contributed by atoms with van der Waals surface area (Å²) in [5.41, 5.74) is -0.607. The number of carbonyl (C=O) groups excluding carboxylic acids is 7. The first-order valence-corrected chi connectivity index (χ1v) is 28.8. The topological polar surface area (TPSA) is 267 Å². The summed E-state index contributed by atoms with van der Waals surface area (Å²) in [5, 5.41) is 29.4. The number of hydrogen-bond acceptors (Lipinski definition) is 12. The Labute approximate surface area is 471 Å². The van der Waals surface area contributed by atoms with Crippen molar-refractivity contribution in [2.45, 2.75) is 208 Å². The van der Waals surface area contributed by atoms with Crippen LogP contribution in [0.2, 0.25) is 0 Å². The van der Waals surface area contributed by atoms with E-state index < -0.39 is 82.9 Å². The minimum absolute atomic E-state index is 0.0243. The third-order valence-electron chi connectivity index (χ3n) is 15.4. The Bertz CT molecular complexity index is 2220. The molecule has 19 nitrogen and oxygen atoms in total. The van der Waals surface area contributed by atoms with E-state index >= 15 is 0 Å². The Kier molecular flexibility index (Phi) is 24.8. The first-order valence-electron chi connectivity index (χ1n) is 28.8. The Morgan fingerprint density at radius 3 is 1.99 bits per heavy atom.